The first-order chi connectivity index (χ1) is 9.91. The molecule has 0 aliphatic rings. The highest BCUT2D eigenvalue weighted by Crippen LogP contribution is 2.25. The van der Waals surface area contributed by atoms with Gasteiger partial charge in [-0.2, -0.15) is 0 Å². The summed E-state index contributed by atoms with van der Waals surface area (Å²) in [5, 5.41) is 27.6. The topological polar surface area (TPSA) is 112 Å². The van der Waals surface area contributed by atoms with Crippen LogP contribution in [-0.2, 0) is 0 Å². The van der Waals surface area contributed by atoms with Gasteiger partial charge in [0.15, 0.2) is 5.78 Å². The van der Waals surface area contributed by atoms with Crippen molar-refractivity contribution in [3.63, 3.8) is 0 Å². The van der Waals surface area contributed by atoms with Crippen molar-refractivity contribution in [3.8, 4) is 5.75 Å². The lowest BCUT2D eigenvalue weighted by molar-refractivity contribution is 0.0676. The molecule has 106 valence electrons. The van der Waals surface area contributed by atoms with Crippen molar-refractivity contribution in [1.82, 2.24) is 0 Å². The molecule has 0 radical (unpaired) electrons. The third kappa shape index (κ3) is 2.74. The summed E-state index contributed by atoms with van der Waals surface area (Å²) in [6.07, 6.45) is 0. The molecule has 0 saturated heterocycles. The summed E-state index contributed by atoms with van der Waals surface area (Å²) in [7, 11) is 0. The average Bonchev–Trinajstić information content (AvgIpc) is 2.46. The number of carboxylic acid groups (broad SMARTS) is 2. The van der Waals surface area contributed by atoms with Gasteiger partial charge in [-0.05, 0) is 12.1 Å². The molecular weight excluding hydrogens is 276 g/mol. The predicted molar refractivity (Wildman–Crippen MR) is 71.9 cm³/mol. The second-order valence-corrected chi connectivity index (χ2v) is 4.22. The summed E-state index contributed by atoms with van der Waals surface area (Å²) in [5.41, 5.74) is -1.04. The Balaban J connectivity index is 2.66. The number of aromatic carboxylic acids is 2. The molecule has 0 heterocycles. The molecule has 0 unspecified atom stereocenters. The van der Waals surface area contributed by atoms with E-state index < -0.39 is 34.6 Å². The van der Waals surface area contributed by atoms with Crippen molar-refractivity contribution in [2.75, 3.05) is 0 Å². The Morgan fingerprint density at radius 2 is 1.33 bits per heavy atom. The molecule has 3 N–H and O–H groups in total. The number of carbonyl (C=O) groups excluding carboxylic acids is 1. The average molecular weight is 286 g/mol. The largest absolute Gasteiger partial charge is 0.507 e. The van der Waals surface area contributed by atoms with E-state index in [0.29, 0.717) is 0 Å². The Bertz CT molecular complexity index is 733. The van der Waals surface area contributed by atoms with Crippen molar-refractivity contribution in [3.05, 3.63) is 64.7 Å². The van der Waals surface area contributed by atoms with Crippen LogP contribution in [0.15, 0.2) is 42.5 Å². The molecule has 2 aromatic carbocycles. The van der Waals surface area contributed by atoms with Gasteiger partial charge in [-0.3, -0.25) is 4.79 Å². The van der Waals surface area contributed by atoms with Crippen LogP contribution >= 0.6 is 0 Å². The van der Waals surface area contributed by atoms with Crippen LogP contribution in [0.5, 0.6) is 5.75 Å². The monoisotopic (exact) mass is 286 g/mol. The van der Waals surface area contributed by atoms with Crippen molar-refractivity contribution in [2.45, 2.75) is 0 Å². The smallest absolute Gasteiger partial charge is 0.339 e. The maximum atomic E-state index is 12.3. The molecule has 2 rings (SSSR count). The van der Waals surface area contributed by atoms with Gasteiger partial charge in [0.05, 0.1) is 5.56 Å². The lowest BCUT2D eigenvalue weighted by Crippen LogP contribution is -2.12. The first-order valence-electron chi connectivity index (χ1n) is 5.85. The minimum absolute atomic E-state index is 0.224. The lowest BCUT2D eigenvalue weighted by atomic mass is 9.95. The number of carbonyl (C=O) groups is 3. The fourth-order valence-corrected chi connectivity index (χ4v) is 1.87. The fraction of sp³-hybridized carbons (Fsp3) is 0. The maximum Gasteiger partial charge on any atom is 0.339 e. The second kappa shape index (κ2) is 5.46. The van der Waals surface area contributed by atoms with Crippen molar-refractivity contribution >= 4 is 17.7 Å². The highest BCUT2D eigenvalue weighted by molar-refractivity contribution is 6.15. The molecule has 0 aromatic heterocycles. The fourth-order valence-electron chi connectivity index (χ4n) is 1.87. The molecule has 6 heteroatoms. The molecule has 0 aliphatic heterocycles. The van der Waals surface area contributed by atoms with E-state index in [1.807, 2.05) is 0 Å². The summed E-state index contributed by atoms with van der Waals surface area (Å²) < 4.78 is 0. The number of ketones is 1. The van der Waals surface area contributed by atoms with E-state index in [4.69, 9.17) is 10.2 Å². The third-order valence-corrected chi connectivity index (χ3v) is 2.88. The molecule has 0 amide bonds. The molecule has 0 fully saturated rings. The summed E-state index contributed by atoms with van der Waals surface area (Å²) in [4.78, 5) is 34.5. The van der Waals surface area contributed by atoms with Gasteiger partial charge in [0.25, 0.3) is 0 Å². The van der Waals surface area contributed by atoms with Gasteiger partial charge in [-0.25, -0.2) is 9.59 Å². The van der Waals surface area contributed by atoms with Crippen LogP contribution in [0.3, 0.4) is 0 Å². The van der Waals surface area contributed by atoms with E-state index in [-0.39, 0.29) is 11.1 Å². The van der Waals surface area contributed by atoms with Gasteiger partial charge in [-0.1, -0.05) is 30.3 Å². The SMILES string of the molecule is O=C(O)c1cc(C(=O)c2ccccc2)c(C(=O)O)cc1O. The van der Waals surface area contributed by atoms with Crippen molar-refractivity contribution < 1.29 is 29.7 Å². The van der Waals surface area contributed by atoms with Crippen LogP contribution in [0.4, 0.5) is 0 Å². The maximum absolute atomic E-state index is 12.3. The van der Waals surface area contributed by atoms with Gasteiger partial charge in [0.2, 0.25) is 0 Å². The van der Waals surface area contributed by atoms with Crippen molar-refractivity contribution in [1.29, 1.82) is 0 Å². The first-order valence-corrected chi connectivity index (χ1v) is 5.85. The number of aromatic hydroxyl groups is 1. The van der Waals surface area contributed by atoms with Crippen LogP contribution in [0.1, 0.15) is 36.6 Å². The summed E-state index contributed by atoms with van der Waals surface area (Å²) in [5.74, 6) is -4.21. The van der Waals surface area contributed by atoms with Gasteiger partial charge in [-0.15, -0.1) is 0 Å². The molecule has 0 bridgehead atoms. The normalized spacial score (nSPS) is 10.1. The van der Waals surface area contributed by atoms with Gasteiger partial charge < -0.3 is 15.3 Å². The zero-order valence-electron chi connectivity index (χ0n) is 10.6. The van der Waals surface area contributed by atoms with E-state index in [0.717, 1.165) is 12.1 Å². The highest BCUT2D eigenvalue weighted by atomic mass is 16.4. The summed E-state index contributed by atoms with van der Waals surface area (Å²) in [6, 6.07) is 9.51. The van der Waals surface area contributed by atoms with E-state index >= 15 is 0 Å². The van der Waals surface area contributed by atoms with E-state index in [1.54, 1.807) is 18.2 Å². The van der Waals surface area contributed by atoms with Gasteiger partial charge in [0, 0.05) is 11.1 Å². The number of hydrogen-bond donors (Lipinski definition) is 3. The Kier molecular flexibility index (Phi) is 3.71. The first kappa shape index (κ1) is 14.3. The van der Waals surface area contributed by atoms with Gasteiger partial charge in [0.1, 0.15) is 11.3 Å². The molecule has 6 nitrogen and oxygen atoms in total. The molecule has 21 heavy (non-hydrogen) atoms. The molecule has 2 aromatic rings. The van der Waals surface area contributed by atoms with Crippen LogP contribution in [0.25, 0.3) is 0 Å². The number of hydrogen-bond acceptors (Lipinski definition) is 4. The third-order valence-electron chi connectivity index (χ3n) is 2.88. The Hall–Kier alpha value is -3.15. The summed E-state index contributed by atoms with van der Waals surface area (Å²) in [6.45, 7) is 0. The number of carboxylic acids is 2. The molecule has 0 spiro atoms. The Morgan fingerprint density at radius 1 is 0.762 bits per heavy atom. The Morgan fingerprint density at radius 3 is 1.86 bits per heavy atom. The van der Waals surface area contributed by atoms with E-state index in [9.17, 15) is 19.5 Å². The molecule has 0 aliphatic carbocycles. The van der Waals surface area contributed by atoms with Crippen molar-refractivity contribution in [2.24, 2.45) is 0 Å². The van der Waals surface area contributed by atoms with Gasteiger partial charge >= 0.3 is 11.9 Å². The predicted octanol–water partition coefficient (Wildman–Crippen LogP) is 2.02. The molecule has 0 atom stereocenters. The van der Waals surface area contributed by atoms with Crippen LogP contribution < -0.4 is 0 Å². The molecule has 0 saturated carbocycles. The molecular formula is C15H10O6. The minimum Gasteiger partial charge on any atom is -0.507 e. The van der Waals surface area contributed by atoms with Crippen LogP contribution in [0.2, 0.25) is 0 Å². The zero-order chi connectivity index (χ0) is 15.6. The van der Waals surface area contributed by atoms with Crippen LogP contribution in [0, 0.1) is 0 Å². The number of benzene rings is 2. The summed E-state index contributed by atoms with van der Waals surface area (Å²) >= 11 is 0. The number of rotatable bonds is 4. The lowest BCUT2D eigenvalue weighted by Gasteiger charge is -2.08. The highest BCUT2D eigenvalue weighted by Gasteiger charge is 2.23. The number of phenols is 1. The standard InChI is InChI=1S/C15H10O6/c16-12-7-10(14(18)19)9(6-11(12)15(20)21)13(17)8-4-2-1-3-5-8/h1-7,16H,(H,18,19)(H,20,21). The Labute approximate surface area is 118 Å². The van der Waals surface area contributed by atoms with E-state index in [1.165, 1.54) is 12.1 Å². The second-order valence-electron chi connectivity index (χ2n) is 4.22. The van der Waals surface area contributed by atoms with Crippen LogP contribution in [-0.4, -0.2) is 33.0 Å². The quantitative estimate of drug-likeness (QED) is 0.741. The zero-order valence-corrected chi connectivity index (χ0v) is 10.6. The van der Waals surface area contributed by atoms with E-state index in [2.05, 4.69) is 0 Å². The minimum atomic E-state index is -1.45.